The molecule has 0 amide bonds. The molecule has 79 heavy (non-hydrogen) atoms. The SMILES string of the molecule is CCCOC(=O)[C@@H](N)C(C)O.CCCOC(=O)[C@@H](N)CC.CCCOC(=O)[C@@H](N)CO.CCCOP(=O)(O)O.CCOC(=O)c1ccccn1.CCOC(=O)c1cccnc1.CCOC(=O)c1ccncc1.CCOP(=O)(O)O. The lowest BCUT2D eigenvalue weighted by Gasteiger charge is -2.12. The molecule has 3 aromatic heterocycles. The van der Waals surface area contributed by atoms with Gasteiger partial charge in [-0.2, -0.15) is 0 Å². The first kappa shape index (κ1) is 82.1. The third kappa shape index (κ3) is 55.4. The minimum Gasteiger partial charge on any atom is -0.465 e. The molecule has 0 aliphatic rings. The number of nitrogens with zero attached hydrogens (tertiary/aromatic N) is 3. The Bertz CT molecular complexity index is 1920. The molecule has 0 spiro atoms. The van der Waals surface area contributed by atoms with Gasteiger partial charge in [0.05, 0.1) is 76.7 Å². The van der Waals surface area contributed by atoms with Crippen LogP contribution in [0.2, 0.25) is 0 Å². The van der Waals surface area contributed by atoms with E-state index in [2.05, 4.69) is 28.7 Å². The molecule has 28 nitrogen and oxygen atoms in total. The molecular weight excluding hydrogens is 1090 g/mol. The number of phosphoric acid groups is 2. The van der Waals surface area contributed by atoms with Crippen LogP contribution in [0.1, 0.15) is 133 Å². The number of hydrogen-bond acceptors (Lipinski definition) is 24. The number of aliphatic hydroxyl groups excluding tert-OH is 2. The molecule has 3 heterocycles. The Labute approximate surface area is 462 Å². The number of pyridine rings is 3. The molecule has 3 rings (SSSR count). The normalized spacial score (nSPS) is 11.5. The summed E-state index contributed by atoms with van der Waals surface area (Å²) in [7, 11) is -8.35. The molecule has 0 fully saturated rings. The lowest BCUT2D eigenvalue weighted by atomic mass is 10.2. The Hall–Kier alpha value is -5.71. The van der Waals surface area contributed by atoms with Crippen LogP contribution in [-0.4, -0.2) is 164 Å². The van der Waals surface area contributed by atoms with Gasteiger partial charge in [-0.1, -0.05) is 40.7 Å². The zero-order chi connectivity index (χ0) is 61.7. The number of rotatable bonds is 23. The first-order chi connectivity index (χ1) is 37.2. The number of phosphoric ester groups is 2. The zero-order valence-corrected chi connectivity index (χ0v) is 48.6. The van der Waals surface area contributed by atoms with Gasteiger partial charge in [0.2, 0.25) is 0 Å². The number of nitrogens with two attached hydrogens (primary N) is 3. The Morgan fingerprint density at radius 3 is 1.32 bits per heavy atom. The third-order valence-electron chi connectivity index (χ3n) is 7.65. The van der Waals surface area contributed by atoms with Gasteiger partial charge in [-0.05, 0) is 103 Å². The summed E-state index contributed by atoms with van der Waals surface area (Å²) in [6, 6.07) is 9.51. The van der Waals surface area contributed by atoms with E-state index in [1.165, 1.54) is 20.0 Å². The average Bonchev–Trinajstić information content (AvgIpc) is 3.43. The number of aromatic nitrogens is 3. The summed E-state index contributed by atoms with van der Waals surface area (Å²) in [5.41, 5.74) is 17.2. The summed E-state index contributed by atoms with van der Waals surface area (Å²) >= 11 is 0. The monoisotopic (exact) mass is 1170 g/mol. The van der Waals surface area contributed by atoms with Crippen molar-refractivity contribution >= 4 is 51.5 Å². The van der Waals surface area contributed by atoms with Crippen molar-refractivity contribution in [3.8, 4) is 0 Å². The summed E-state index contributed by atoms with van der Waals surface area (Å²) in [4.78, 5) is 108. The van der Waals surface area contributed by atoms with Gasteiger partial charge in [0.25, 0.3) is 0 Å². The van der Waals surface area contributed by atoms with Crippen LogP contribution in [0.5, 0.6) is 0 Å². The molecule has 0 aromatic carbocycles. The molecule has 0 saturated carbocycles. The summed E-state index contributed by atoms with van der Waals surface area (Å²) < 4.78 is 55.8. The van der Waals surface area contributed by atoms with Crippen LogP contribution in [-0.2, 0) is 61.0 Å². The second kappa shape index (κ2) is 54.3. The van der Waals surface area contributed by atoms with Gasteiger partial charge in [0, 0.05) is 31.0 Å². The highest BCUT2D eigenvalue weighted by Crippen LogP contribution is 2.35. The molecule has 1 unspecified atom stereocenters. The Kier molecular flexibility index (Phi) is 56.4. The minimum absolute atomic E-state index is 0.0459. The van der Waals surface area contributed by atoms with Crippen molar-refractivity contribution in [3.05, 3.63) is 90.3 Å². The van der Waals surface area contributed by atoms with Crippen molar-refractivity contribution in [1.29, 1.82) is 0 Å². The zero-order valence-electron chi connectivity index (χ0n) is 46.8. The molecule has 0 aliphatic heterocycles. The molecule has 0 saturated heterocycles. The maximum absolute atomic E-state index is 11.0. The highest BCUT2D eigenvalue weighted by Gasteiger charge is 2.20. The lowest BCUT2D eigenvalue weighted by Crippen LogP contribution is -2.41. The Morgan fingerprint density at radius 1 is 0.519 bits per heavy atom. The Morgan fingerprint density at radius 2 is 0.975 bits per heavy atom. The van der Waals surface area contributed by atoms with Crippen LogP contribution < -0.4 is 17.2 Å². The van der Waals surface area contributed by atoms with Gasteiger partial charge < -0.3 is 75.4 Å². The largest absolute Gasteiger partial charge is 0.469 e. The smallest absolute Gasteiger partial charge is 0.465 e. The van der Waals surface area contributed by atoms with Crippen molar-refractivity contribution in [2.75, 3.05) is 59.5 Å². The van der Waals surface area contributed by atoms with Crippen LogP contribution in [0.25, 0.3) is 0 Å². The van der Waals surface area contributed by atoms with E-state index in [4.69, 9.17) is 70.7 Å². The van der Waals surface area contributed by atoms with E-state index < -0.39 is 51.8 Å². The maximum Gasteiger partial charge on any atom is 0.469 e. The molecule has 454 valence electrons. The highest BCUT2D eigenvalue weighted by molar-refractivity contribution is 7.46. The van der Waals surface area contributed by atoms with Crippen molar-refractivity contribution in [2.24, 2.45) is 17.2 Å². The van der Waals surface area contributed by atoms with Gasteiger partial charge in [-0.3, -0.25) is 33.4 Å². The average molecular weight is 1170 g/mol. The first-order valence-corrected chi connectivity index (χ1v) is 27.9. The quantitative estimate of drug-likeness (QED) is 0.0368. The number of esters is 6. The lowest BCUT2D eigenvalue weighted by molar-refractivity contribution is -0.148. The molecule has 30 heteroatoms. The summed E-state index contributed by atoms with van der Waals surface area (Å²) in [6.45, 7) is 19.8. The summed E-state index contributed by atoms with van der Waals surface area (Å²) in [5, 5.41) is 17.2. The molecule has 0 radical (unpaired) electrons. The first-order valence-electron chi connectivity index (χ1n) is 24.9. The second-order valence-corrected chi connectivity index (χ2v) is 17.1. The van der Waals surface area contributed by atoms with E-state index in [1.807, 2.05) is 27.7 Å². The van der Waals surface area contributed by atoms with Crippen molar-refractivity contribution in [3.63, 3.8) is 0 Å². The van der Waals surface area contributed by atoms with E-state index in [9.17, 15) is 37.9 Å². The van der Waals surface area contributed by atoms with Crippen molar-refractivity contribution < 1.29 is 105 Å². The molecular formula is C49H86N6O22P2. The molecule has 4 atom stereocenters. The van der Waals surface area contributed by atoms with Crippen LogP contribution in [0.4, 0.5) is 0 Å². The fourth-order valence-electron chi connectivity index (χ4n) is 3.82. The van der Waals surface area contributed by atoms with Crippen LogP contribution >= 0.6 is 15.6 Å². The van der Waals surface area contributed by atoms with E-state index >= 15 is 0 Å². The van der Waals surface area contributed by atoms with Crippen molar-refractivity contribution in [1.82, 2.24) is 15.0 Å². The van der Waals surface area contributed by atoms with Crippen LogP contribution in [0, 0.1) is 0 Å². The van der Waals surface area contributed by atoms with E-state index in [0.717, 1.165) is 19.3 Å². The fourth-order valence-corrected chi connectivity index (χ4v) is 4.58. The van der Waals surface area contributed by atoms with E-state index in [-0.39, 0.29) is 43.7 Å². The molecule has 0 bridgehead atoms. The topological polar surface area (TPSA) is 449 Å². The number of carbonyl (C=O) groups is 6. The third-order valence-corrected chi connectivity index (χ3v) is 8.77. The molecule has 12 N–H and O–H groups in total. The van der Waals surface area contributed by atoms with Gasteiger partial charge in [0.1, 0.15) is 23.8 Å². The molecule has 0 aliphatic carbocycles. The fraction of sp³-hybridized carbons (Fsp3) is 0.571. The number of ether oxygens (including phenoxy) is 6. The van der Waals surface area contributed by atoms with Crippen LogP contribution in [0.3, 0.4) is 0 Å². The van der Waals surface area contributed by atoms with E-state index in [0.29, 0.717) is 69.3 Å². The van der Waals surface area contributed by atoms with E-state index in [1.54, 1.807) is 94.9 Å². The van der Waals surface area contributed by atoms with Gasteiger partial charge in [-0.25, -0.2) is 28.5 Å². The summed E-state index contributed by atoms with van der Waals surface area (Å²) in [5.74, 6) is -2.35. The van der Waals surface area contributed by atoms with Gasteiger partial charge >= 0.3 is 51.5 Å². The highest BCUT2D eigenvalue weighted by atomic mass is 31.2. The molecule has 3 aromatic rings. The minimum atomic E-state index is -4.18. The van der Waals surface area contributed by atoms with Gasteiger partial charge in [-0.15, -0.1) is 0 Å². The van der Waals surface area contributed by atoms with Gasteiger partial charge in [0.15, 0.2) is 0 Å². The maximum atomic E-state index is 11.0. The Balaban J connectivity index is -0.000000265. The predicted octanol–water partition coefficient (Wildman–Crippen LogP) is 3.98. The number of aliphatic hydroxyl groups is 2. The standard InChI is InChI=1S/3C8H9NO2.C7H15NO3.C7H15NO2.C6H13NO3.C3H9O4P.C2H7O4P/c1-2-11-8(10)7-3-5-9-6-4-7;1-2-11-8(10)7-4-3-5-9-6-7;1-2-11-8(10)7-5-3-4-6-9-7;1-3-4-11-7(10)6(8)5(2)9;1-3-5-10-7(9)6(8)4-2;1-2-3-10-6(9)5(7)4-8;1-2-3-7-8(4,5)6;1-2-6-7(3,4)5/h3*3-6H,2H2,1H3;5-6,9H,3-4,8H2,1-2H3;6H,3-5,8H2,1-2H3;5,8H,2-4,7H2,1H3;2-3H2,1H3,(H2,4,5,6);2H2,1H3,(H2,3,4,5)/t;;;5?,6-;6-;5-;;/m...000../s1. The number of carbonyl (C=O) groups excluding carboxylic acids is 6. The van der Waals surface area contributed by atoms with Crippen molar-refractivity contribution in [2.45, 2.75) is 126 Å². The van der Waals surface area contributed by atoms with Crippen LogP contribution in [0.15, 0.2) is 73.4 Å². The second-order valence-electron chi connectivity index (χ2n) is 14.7. The number of hydrogen-bond donors (Lipinski definition) is 9. The summed E-state index contributed by atoms with van der Waals surface area (Å²) in [6.07, 6.45) is 10.6. The predicted molar refractivity (Wildman–Crippen MR) is 289 cm³/mol.